The molecule has 2 amide bonds. The smallest absolute Gasteiger partial charge is 0.242 e. The van der Waals surface area contributed by atoms with Gasteiger partial charge < -0.3 is 10.2 Å². The summed E-state index contributed by atoms with van der Waals surface area (Å²) in [6.45, 7) is 6.90. The van der Waals surface area contributed by atoms with Crippen molar-refractivity contribution in [2.75, 3.05) is 16.8 Å². The van der Waals surface area contributed by atoms with E-state index in [1.807, 2.05) is 0 Å². The lowest BCUT2D eigenvalue weighted by Crippen LogP contribution is -2.47. The Hall–Kier alpha value is -3.04. The van der Waals surface area contributed by atoms with E-state index in [1.165, 1.54) is 19.9 Å². The normalized spacial score (nSPS) is 14.2. The highest BCUT2D eigenvalue weighted by atomic mass is 32.2. The van der Waals surface area contributed by atoms with Crippen molar-refractivity contribution in [2.24, 2.45) is 5.92 Å². The van der Waals surface area contributed by atoms with Crippen LogP contribution in [-0.4, -0.2) is 38.6 Å². The average molecular weight is 458 g/mol. The molecule has 0 bridgehead atoms. The van der Waals surface area contributed by atoms with E-state index in [0.717, 1.165) is 5.56 Å². The standard InChI is InChI=1S/C23H27N3O5S/c1-14(2)22(23(29)24-19-7-5-6-17(12-19)15(3)27)25-32(30,31)20-8-9-21-18(13-20)10-11-26(21)16(4)28/h5-9,12-14,22,25H,10-11H2,1-4H3,(H,24,29). The van der Waals surface area contributed by atoms with Gasteiger partial charge in [0.15, 0.2) is 5.78 Å². The Morgan fingerprint density at radius 2 is 1.75 bits per heavy atom. The van der Waals surface area contributed by atoms with Crippen LogP contribution in [0.1, 0.15) is 43.6 Å². The molecule has 0 aliphatic carbocycles. The SMILES string of the molecule is CC(=O)c1cccc(NC(=O)C(NS(=O)(=O)c2ccc3c(c2)CCN3C(C)=O)C(C)C)c1. The molecule has 0 aromatic heterocycles. The molecular weight excluding hydrogens is 430 g/mol. The number of fused-ring (bicyclic) bond motifs is 1. The van der Waals surface area contributed by atoms with Crippen LogP contribution < -0.4 is 14.9 Å². The van der Waals surface area contributed by atoms with Crippen molar-refractivity contribution < 1.29 is 22.8 Å². The van der Waals surface area contributed by atoms with E-state index >= 15 is 0 Å². The number of hydrogen-bond donors (Lipinski definition) is 2. The lowest BCUT2D eigenvalue weighted by Gasteiger charge is -2.22. The molecule has 1 aliphatic rings. The molecule has 2 aromatic carbocycles. The summed E-state index contributed by atoms with van der Waals surface area (Å²) >= 11 is 0. The number of carbonyl (C=O) groups excluding carboxylic acids is 3. The van der Waals surface area contributed by atoms with E-state index in [1.54, 1.807) is 55.1 Å². The number of sulfonamides is 1. The van der Waals surface area contributed by atoms with Crippen molar-refractivity contribution in [3.63, 3.8) is 0 Å². The maximum atomic E-state index is 13.0. The molecule has 1 heterocycles. The van der Waals surface area contributed by atoms with Gasteiger partial charge >= 0.3 is 0 Å². The number of carbonyl (C=O) groups is 3. The van der Waals surface area contributed by atoms with E-state index in [2.05, 4.69) is 10.0 Å². The van der Waals surface area contributed by atoms with Crippen LogP contribution in [0.4, 0.5) is 11.4 Å². The third kappa shape index (κ3) is 5.05. The zero-order valence-electron chi connectivity index (χ0n) is 18.5. The molecule has 2 N–H and O–H groups in total. The van der Waals surface area contributed by atoms with Gasteiger partial charge in [-0.25, -0.2) is 8.42 Å². The van der Waals surface area contributed by atoms with Crippen LogP contribution in [-0.2, 0) is 26.0 Å². The largest absolute Gasteiger partial charge is 0.325 e. The highest BCUT2D eigenvalue weighted by Gasteiger charge is 2.30. The van der Waals surface area contributed by atoms with Crippen LogP contribution in [0.15, 0.2) is 47.4 Å². The Morgan fingerprint density at radius 1 is 1.03 bits per heavy atom. The van der Waals surface area contributed by atoms with Gasteiger partial charge in [0.2, 0.25) is 21.8 Å². The summed E-state index contributed by atoms with van der Waals surface area (Å²) in [5.74, 6) is -1.08. The minimum absolute atomic E-state index is 0.0404. The topological polar surface area (TPSA) is 113 Å². The monoisotopic (exact) mass is 457 g/mol. The molecule has 1 atom stereocenters. The summed E-state index contributed by atoms with van der Waals surface area (Å²) in [4.78, 5) is 37.8. The molecule has 3 rings (SSSR count). The van der Waals surface area contributed by atoms with E-state index in [9.17, 15) is 22.8 Å². The maximum absolute atomic E-state index is 13.0. The molecule has 0 fully saturated rings. The minimum Gasteiger partial charge on any atom is -0.325 e. The molecule has 8 nitrogen and oxygen atoms in total. The van der Waals surface area contributed by atoms with Gasteiger partial charge in [-0.2, -0.15) is 4.72 Å². The Bertz CT molecular complexity index is 1170. The van der Waals surface area contributed by atoms with Gasteiger partial charge in [-0.15, -0.1) is 0 Å². The van der Waals surface area contributed by atoms with Crippen molar-refractivity contribution in [1.29, 1.82) is 0 Å². The van der Waals surface area contributed by atoms with E-state index in [0.29, 0.717) is 29.9 Å². The first-order chi connectivity index (χ1) is 15.0. The first-order valence-corrected chi connectivity index (χ1v) is 11.8. The lowest BCUT2D eigenvalue weighted by atomic mass is 10.0. The maximum Gasteiger partial charge on any atom is 0.242 e. The van der Waals surface area contributed by atoms with Crippen molar-refractivity contribution in [1.82, 2.24) is 4.72 Å². The van der Waals surface area contributed by atoms with Gasteiger partial charge in [-0.1, -0.05) is 26.0 Å². The number of Topliss-reactive ketones (excluding diaryl/α,β-unsaturated/α-hetero) is 1. The van der Waals surface area contributed by atoms with Crippen LogP contribution >= 0.6 is 0 Å². The third-order valence-corrected chi connectivity index (χ3v) is 6.84. The fourth-order valence-electron chi connectivity index (χ4n) is 3.64. The van der Waals surface area contributed by atoms with Crippen molar-refractivity contribution in [3.05, 3.63) is 53.6 Å². The van der Waals surface area contributed by atoms with Crippen LogP contribution in [0.2, 0.25) is 0 Å². The first-order valence-electron chi connectivity index (χ1n) is 10.3. The Kier molecular flexibility index (Phi) is 6.80. The summed E-state index contributed by atoms with van der Waals surface area (Å²) in [5.41, 5.74) is 2.34. The fraction of sp³-hybridized carbons (Fsp3) is 0.348. The molecule has 0 saturated heterocycles. The highest BCUT2D eigenvalue weighted by molar-refractivity contribution is 7.89. The molecular formula is C23H27N3O5S. The van der Waals surface area contributed by atoms with Crippen molar-refractivity contribution >= 4 is 39.0 Å². The predicted octanol–water partition coefficient (Wildman–Crippen LogP) is 2.74. The second kappa shape index (κ2) is 9.22. The Labute approximate surface area is 188 Å². The number of nitrogens with zero attached hydrogens (tertiary/aromatic N) is 1. The number of hydrogen-bond acceptors (Lipinski definition) is 5. The van der Waals surface area contributed by atoms with Crippen LogP contribution in [0, 0.1) is 5.92 Å². The Morgan fingerprint density at radius 3 is 2.38 bits per heavy atom. The lowest BCUT2D eigenvalue weighted by molar-refractivity contribution is -0.118. The molecule has 1 aliphatic heterocycles. The van der Waals surface area contributed by atoms with E-state index < -0.39 is 22.0 Å². The predicted molar refractivity (Wildman–Crippen MR) is 122 cm³/mol. The molecule has 2 aromatic rings. The highest BCUT2D eigenvalue weighted by Crippen LogP contribution is 2.30. The summed E-state index contributed by atoms with van der Waals surface area (Å²) in [7, 11) is -3.99. The van der Waals surface area contributed by atoms with E-state index in [-0.39, 0.29) is 22.5 Å². The quantitative estimate of drug-likeness (QED) is 0.621. The number of ketones is 1. The molecule has 1 unspecified atom stereocenters. The van der Waals surface area contributed by atoms with Crippen molar-refractivity contribution in [2.45, 2.75) is 45.1 Å². The van der Waals surface area contributed by atoms with E-state index in [4.69, 9.17) is 0 Å². The molecule has 170 valence electrons. The number of benzene rings is 2. The zero-order valence-corrected chi connectivity index (χ0v) is 19.3. The molecule has 0 spiro atoms. The minimum atomic E-state index is -3.99. The number of amides is 2. The van der Waals surface area contributed by atoms with Gasteiger partial charge in [0.25, 0.3) is 0 Å². The van der Waals surface area contributed by atoms with Crippen molar-refractivity contribution in [3.8, 4) is 0 Å². The molecule has 0 saturated carbocycles. The summed E-state index contributed by atoms with van der Waals surface area (Å²) in [6.07, 6.45) is 0.568. The number of anilines is 2. The second-order valence-corrected chi connectivity index (χ2v) is 9.89. The zero-order chi connectivity index (χ0) is 23.6. The Balaban J connectivity index is 1.81. The third-order valence-electron chi connectivity index (χ3n) is 5.40. The number of nitrogens with one attached hydrogen (secondary N) is 2. The number of rotatable bonds is 7. The fourth-order valence-corrected chi connectivity index (χ4v) is 5.03. The van der Waals surface area contributed by atoms with Gasteiger partial charge in [0, 0.05) is 30.4 Å². The first kappa shape index (κ1) is 23.6. The van der Waals surface area contributed by atoms with Gasteiger partial charge in [-0.05, 0) is 55.2 Å². The van der Waals surface area contributed by atoms with Gasteiger partial charge in [0.1, 0.15) is 6.04 Å². The molecule has 32 heavy (non-hydrogen) atoms. The summed E-state index contributed by atoms with van der Waals surface area (Å²) < 4.78 is 28.6. The van der Waals surface area contributed by atoms with Gasteiger partial charge in [-0.3, -0.25) is 14.4 Å². The van der Waals surface area contributed by atoms with Gasteiger partial charge in [0.05, 0.1) is 4.90 Å². The second-order valence-electron chi connectivity index (χ2n) is 8.18. The average Bonchev–Trinajstić information content (AvgIpc) is 3.15. The summed E-state index contributed by atoms with van der Waals surface area (Å²) in [5, 5.41) is 2.69. The summed E-state index contributed by atoms with van der Waals surface area (Å²) in [6, 6.07) is 10.1. The van der Waals surface area contributed by atoms with Crippen LogP contribution in [0.5, 0.6) is 0 Å². The van der Waals surface area contributed by atoms with Crippen LogP contribution in [0.25, 0.3) is 0 Å². The van der Waals surface area contributed by atoms with Crippen LogP contribution in [0.3, 0.4) is 0 Å². The molecule has 0 radical (unpaired) electrons. The molecule has 9 heteroatoms.